The van der Waals surface area contributed by atoms with Crippen LogP contribution in [0.4, 0.5) is 0 Å². The highest BCUT2D eigenvalue weighted by Crippen LogP contribution is 2.10. The highest BCUT2D eigenvalue weighted by atomic mass is 16.4. The van der Waals surface area contributed by atoms with Gasteiger partial charge in [0.1, 0.15) is 24.2 Å². The SMILES string of the molecule is CC(C)C[C@@H](NC(=O)[C@@H](Cc1ccccc1)NC(=O)[C@H](N)Cc1ccccc1)C(=O)N[C@H](CCCCN)C(=O)NC[C@H](N)C(=O)O. The Morgan fingerprint density at radius 3 is 1.74 bits per heavy atom. The maximum Gasteiger partial charge on any atom is 0.322 e. The van der Waals surface area contributed by atoms with Crippen molar-refractivity contribution in [3.8, 4) is 0 Å². The van der Waals surface area contributed by atoms with E-state index in [2.05, 4.69) is 21.3 Å². The zero-order valence-corrected chi connectivity index (χ0v) is 26.6. The number of benzene rings is 2. The molecule has 2 aromatic carbocycles. The summed E-state index contributed by atoms with van der Waals surface area (Å²) < 4.78 is 0. The van der Waals surface area contributed by atoms with Crippen LogP contribution in [0.3, 0.4) is 0 Å². The molecule has 46 heavy (non-hydrogen) atoms. The summed E-state index contributed by atoms with van der Waals surface area (Å²) in [4.78, 5) is 64.5. The molecular weight excluding hydrogens is 590 g/mol. The van der Waals surface area contributed by atoms with Crippen molar-refractivity contribution >= 4 is 29.6 Å². The normalized spacial score (nSPS) is 14.3. The molecule has 2 aromatic rings. The second-order valence-electron chi connectivity index (χ2n) is 11.8. The molecule has 0 aliphatic heterocycles. The number of aliphatic carboxylic acids is 1. The van der Waals surface area contributed by atoms with Crippen LogP contribution >= 0.6 is 0 Å². The number of nitrogens with two attached hydrogens (primary N) is 3. The van der Waals surface area contributed by atoms with Crippen LogP contribution in [0.5, 0.6) is 0 Å². The standard InChI is InChI=1S/C33H49N7O6/c1-21(2)17-27(31(43)38-26(15-9-10-16-34)30(42)37-20-25(36)33(45)46)40-32(44)28(19-23-13-7-4-8-14-23)39-29(41)24(35)18-22-11-5-3-6-12-22/h3-8,11-14,21,24-28H,9-10,15-20,34-36H2,1-2H3,(H,37,42)(H,38,43)(H,39,41)(H,40,44)(H,45,46)/t24-,25+,26-,27-,28-/m1/s1. The predicted molar refractivity (Wildman–Crippen MR) is 175 cm³/mol. The monoisotopic (exact) mass is 639 g/mol. The van der Waals surface area contributed by atoms with E-state index < -0.39 is 59.8 Å². The Morgan fingerprint density at radius 2 is 1.20 bits per heavy atom. The molecule has 4 amide bonds. The van der Waals surface area contributed by atoms with Crippen molar-refractivity contribution in [1.82, 2.24) is 21.3 Å². The van der Waals surface area contributed by atoms with Crippen LogP contribution in [-0.4, -0.2) is 78.0 Å². The summed E-state index contributed by atoms with van der Waals surface area (Å²) in [6.07, 6.45) is 2.04. The molecule has 0 aliphatic carbocycles. The van der Waals surface area contributed by atoms with Gasteiger partial charge >= 0.3 is 5.97 Å². The number of nitrogens with one attached hydrogen (secondary N) is 4. The van der Waals surface area contributed by atoms with Crippen molar-refractivity contribution in [3.63, 3.8) is 0 Å². The van der Waals surface area contributed by atoms with Gasteiger partial charge < -0.3 is 43.6 Å². The number of hydrogen-bond acceptors (Lipinski definition) is 8. The summed E-state index contributed by atoms with van der Waals surface area (Å²) in [6.45, 7) is 3.84. The van der Waals surface area contributed by atoms with Crippen LogP contribution < -0.4 is 38.5 Å². The molecule has 0 saturated carbocycles. The molecule has 11 N–H and O–H groups in total. The second kappa shape index (κ2) is 19.9. The number of carbonyl (C=O) groups excluding carboxylic acids is 4. The zero-order chi connectivity index (χ0) is 34.1. The first-order valence-corrected chi connectivity index (χ1v) is 15.6. The van der Waals surface area contributed by atoms with Crippen LogP contribution in [0.2, 0.25) is 0 Å². The molecule has 0 unspecified atom stereocenters. The Bertz CT molecular complexity index is 1260. The fraction of sp³-hybridized carbons (Fsp3) is 0.485. The predicted octanol–water partition coefficient (Wildman–Crippen LogP) is -0.0433. The van der Waals surface area contributed by atoms with E-state index in [1.54, 1.807) is 0 Å². The van der Waals surface area contributed by atoms with Crippen molar-refractivity contribution in [3.05, 3.63) is 71.8 Å². The number of hydrogen-bond donors (Lipinski definition) is 8. The molecule has 5 atom stereocenters. The molecule has 13 nitrogen and oxygen atoms in total. The smallest absolute Gasteiger partial charge is 0.322 e. The van der Waals surface area contributed by atoms with Gasteiger partial charge in [0.25, 0.3) is 0 Å². The van der Waals surface area contributed by atoms with E-state index in [4.69, 9.17) is 22.3 Å². The molecule has 0 heterocycles. The number of unbranched alkanes of at least 4 members (excludes halogenated alkanes) is 1. The van der Waals surface area contributed by atoms with E-state index in [1.165, 1.54) is 0 Å². The third-order valence-corrected chi connectivity index (χ3v) is 7.28. The Balaban J connectivity index is 2.22. The van der Waals surface area contributed by atoms with Crippen molar-refractivity contribution in [2.45, 2.75) is 82.6 Å². The highest BCUT2D eigenvalue weighted by molar-refractivity contribution is 5.95. The Kier molecular flexibility index (Phi) is 16.4. The molecule has 0 spiro atoms. The van der Waals surface area contributed by atoms with Gasteiger partial charge in [0.2, 0.25) is 23.6 Å². The summed E-state index contributed by atoms with van der Waals surface area (Å²) >= 11 is 0. The van der Waals surface area contributed by atoms with Crippen molar-refractivity contribution in [2.75, 3.05) is 13.1 Å². The number of carboxylic acids is 1. The maximum atomic E-state index is 13.7. The topological polar surface area (TPSA) is 232 Å². The van der Waals surface area contributed by atoms with Crippen molar-refractivity contribution in [1.29, 1.82) is 0 Å². The van der Waals surface area contributed by atoms with Gasteiger partial charge in [-0.15, -0.1) is 0 Å². The van der Waals surface area contributed by atoms with Gasteiger partial charge in [0, 0.05) is 13.0 Å². The molecule has 0 aliphatic rings. The van der Waals surface area contributed by atoms with Gasteiger partial charge in [0.05, 0.1) is 6.04 Å². The van der Waals surface area contributed by atoms with E-state index >= 15 is 0 Å². The largest absolute Gasteiger partial charge is 0.480 e. The van der Waals surface area contributed by atoms with Crippen molar-refractivity contribution < 1.29 is 29.1 Å². The molecule has 0 fully saturated rings. The van der Waals surface area contributed by atoms with E-state index in [1.807, 2.05) is 74.5 Å². The zero-order valence-electron chi connectivity index (χ0n) is 26.6. The first-order valence-electron chi connectivity index (χ1n) is 15.6. The van der Waals surface area contributed by atoms with Crippen LogP contribution in [0.15, 0.2) is 60.7 Å². The minimum Gasteiger partial charge on any atom is -0.480 e. The average molecular weight is 640 g/mol. The summed E-state index contributed by atoms with van der Waals surface area (Å²) in [5.74, 6) is -3.58. The first-order chi connectivity index (χ1) is 21.9. The van der Waals surface area contributed by atoms with E-state index in [-0.39, 0.29) is 38.1 Å². The molecule has 0 radical (unpaired) electrons. The van der Waals surface area contributed by atoms with Crippen molar-refractivity contribution in [2.24, 2.45) is 23.1 Å². The van der Waals surface area contributed by atoms with Gasteiger partial charge in [0.15, 0.2) is 0 Å². The lowest BCUT2D eigenvalue weighted by atomic mass is 9.99. The number of rotatable bonds is 20. The quantitative estimate of drug-likeness (QED) is 0.0907. The van der Waals surface area contributed by atoms with Gasteiger partial charge in [-0.05, 0) is 55.7 Å². The Hall–Kier alpha value is -4.33. The van der Waals surface area contributed by atoms with E-state index in [0.717, 1.165) is 11.1 Å². The van der Waals surface area contributed by atoms with Gasteiger partial charge in [-0.1, -0.05) is 74.5 Å². The average Bonchev–Trinajstić information content (AvgIpc) is 3.02. The molecular formula is C33H49N7O6. The summed E-state index contributed by atoms with van der Waals surface area (Å²) in [5.41, 5.74) is 19.0. The minimum absolute atomic E-state index is 0.0180. The summed E-state index contributed by atoms with van der Waals surface area (Å²) in [6, 6.07) is 13.1. The molecule has 0 bridgehead atoms. The Labute approximate surface area is 270 Å². The van der Waals surface area contributed by atoms with Crippen LogP contribution in [0.25, 0.3) is 0 Å². The summed E-state index contributed by atoms with van der Waals surface area (Å²) in [7, 11) is 0. The minimum atomic E-state index is -1.31. The summed E-state index contributed by atoms with van der Waals surface area (Å²) in [5, 5.41) is 19.8. The fourth-order valence-corrected chi connectivity index (χ4v) is 4.73. The second-order valence-corrected chi connectivity index (χ2v) is 11.8. The van der Waals surface area contributed by atoms with E-state index in [9.17, 15) is 24.0 Å². The molecule has 0 saturated heterocycles. The number of carbonyl (C=O) groups is 5. The highest BCUT2D eigenvalue weighted by Gasteiger charge is 2.31. The van der Waals surface area contributed by atoms with Crippen LogP contribution in [-0.2, 0) is 36.8 Å². The first kappa shape index (κ1) is 37.9. The van der Waals surface area contributed by atoms with Gasteiger partial charge in [-0.3, -0.25) is 24.0 Å². The van der Waals surface area contributed by atoms with Gasteiger partial charge in [-0.2, -0.15) is 0 Å². The van der Waals surface area contributed by atoms with Crippen LogP contribution in [0.1, 0.15) is 50.7 Å². The molecule has 0 aromatic heterocycles. The Morgan fingerprint density at radius 1 is 0.674 bits per heavy atom. The number of amides is 4. The molecule has 13 heteroatoms. The lowest BCUT2D eigenvalue weighted by molar-refractivity contribution is -0.138. The third kappa shape index (κ3) is 13.8. The molecule has 252 valence electrons. The lowest BCUT2D eigenvalue weighted by Crippen LogP contribution is -2.58. The maximum absolute atomic E-state index is 13.7. The fourth-order valence-electron chi connectivity index (χ4n) is 4.73. The van der Waals surface area contributed by atoms with Crippen LogP contribution in [0, 0.1) is 5.92 Å². The molecule has 2 rings (SSSR count). The number of carboxylic acid groups (broad SMARTS) is 1. The third-order valence-electron chi connectivity index (χ3n) is 7.28. The van der Waals surface area contributed by atoms with Gasteiger partial charge in [-0.25, -0.2) is 0 Å². The van der Waals surface area contributed by atoms with E-state index in [0.29, 0.717) is 19.4 Å². The lowest BCUT2D eigenvalue weighted by Gasteiger charge is -2.27.